The normalized spacial score (nSPS) is 17.0. The second-order valence-electron chi connectivity index (χ2n) is 3.34. The van der Waals surface area contributed by atoms with E-state index in [1.165, 1.54) is 12.1 Å². The number of nitrogens with zero attached hydrogens (tertiary/aromatic N) is 1. The third kappa shape index (κ3) is 2.48. The summed E-state index contributed by atoms with van der Waals surface area (Å²) in [5, 5.41) is 0. The number of hydrogen-bond acceptors (Lipinski definition) is 3. The Kier molecular flexibility index (Phi) is 3.58. The van der Waals surface area contributed by atoms with E-state index in [0.29, 0.717) is 3.57 Å². The molecule has 0 aliphatic carbocycles. The Bertz CT molecular complexity index is 520. The molecule has 0 N–H and O–H groups in total. The molecule has 0 unspecified atom stereocenters. The van der Waals surface area contributed by atoms with Crippen LogP contribution in [0.15, 0.2) is 24.3 Å². The van der Waals surface area contributed by atoms with Gasteiger partial charge in [-0.3, -0.25) is 0 Å². The van der Waals surface area contributed by atoms with Crippen LogP contribution in [0.2, 0.25) is 0 Å². The number of fused-ring (bicyclic) bond motifs is 1. The van der Waals surface area contributed by atoms with E-state index in [1.807, 2.05) is 0 Å². The monoisotopic (exact) mass is 389 g/mol. The fraction of sp³-hybridized carbons (Fsp3) is 0.200. The molecule has 1 aromatic carbocycles. The zero-order valence-corrected chi connectivity index (χ0v) is 12.0. The van der Waals surface area contributed by atoms with E-state index < -0.39 is 36.0 Å². The summed E-state index contributed by atoms with van der Waals surface area (Å²) in [5.41, 5.74) is -4.23. The number of hydrogen-bond donors (Lipinski definition) is 0. The number of halogens is 4. The van der Waals surface area contributed by atoms with Crippen LogP contribution in [-0.2, 0) is 4.79 Å². The fourth-order valence-corrected chi connectivity index (χ4v) is 9.68. The summed E-state index contributed by atoms with van der Waals surface area (Å²) in [7, 11) is -0.212. The summed E-state index contributed by atoms with van der Waals surface area (Å²) in [6, 6.07) is 6.12. The van der Waals surface area contributed by atoms with Crippen molar-refractivity contribution in [2.75, 3.05) is 0 Å². The molecular weight excluding hydrogens is 382 g/mol. The van der Waals surface area contributed by atoms with Crippen LogP contribution in [-0.4, -0.2) is 20.4 Å². The van der Waals surface area contributed by atoms with Crippen molar-refractivity contribution in [3.05, 3.63) is 33.4 Å². The Hall–Kier alpha value is -0.770. The predicted molar refractivity (Wildman–Crippen MR) is 69.7 cm³/mol. The zero-order valence-electron chi connectivity index (χ0n) is 8.99. The molecule has 0 fully saturated rings. The average molecular weight is 389 g/mol. The van der Waals surface area contributed by atoms with Gasteiger partial charge in [-0.25, -0.2) is 0 Å². The van der Waals surface area contributed by atoms with E-state index in [1.54, 1.807) is 12.1 Å². The summed E-state index contributed by atoms with van der Waals surface area (Å²) in [6.45, 7) is 1.12. The molecule has 0 bridgehead atoms. The molecule has 1 aliphatic heterocycles. The standard InChI is InChI=1S/C10H7F3INO2S/c1-6(16)15-9(17)7-4-2-3-5-8(7)14(15)18-10(11,12)13/h2-5H,1H3. The molecule has 0 saturated heterocycles. The van der Waals surface area contributed by atoms with Crippen molar-refractivity contribution in [1.82, 2.24) is 3.11 Å². The van der Waals surface area contributed by atoms with Crippen molar-refractivity contribution in [2.24, 2.45) is 0 Å². The first kappa shape index (κ1) is 13.7. The number of carbonyl (C=O) groups excluding carboxylic acids is 2. The Morgan fingerprint density at radius 2 is 1.94 bits per heavy atom. The second kappa shape index (κ2) is 4.72. The third-order valence-corrected chi connectivity index (χ3v) is 11.1. The molecule has 3 nitrogen and oxygen atoms in total. The molecule has 0 radical (unpaired) electrons. The van der Waals surface area contributed by atoms with Crippen LogP contribution in [0.4, 0.5) is 13.2 Å². The minimum atomic E-state index is -4.45. The molecule has 1 aliphatic rings. The predicted octanol–water partition coefficient (Wildman–Crippen LogP) is 3.45. The van der Waals surface area contributed by atoms with Gasteiger partial charge < -0.3 is 0 Å². The van der Waals surface area contributed by atoms with Crippen LogP contribution in [0, 0.1) is 3.57 Å². The minimum absolute atomic E-state index is 0.212. The SMILES string of the molecule is CC(=O)N1C(=O)c2ccccc2I1SC(F)(F)F. The maximum absolute atomic E-state index is 12.5. The molecule has 0 aromatic heterocycles. The van der Waals surface area contributed by atoms with E-state index in [9.17, 15) is 22.8 Å². The quantitative estimate of drug-likeness (QED) is 0.546. The van der Waals surface area contributed by atoms with Crippen LogP contribution < -0.4 is 0 Å². The van der Waals surface area contributed by atoms with Gasteiger partial charge in [0.1, 0.15) is 0 Å². The van der Waals surface area contributed by atoms with Gasteiger partial charge in [-0.1, -0.05) is 0 Å². The van der Waals surface area contributed by atoms with E-state index in [-0.39, 0.29) is 14.5 Å². The maximum atomic E-state index is 12.5. The van der Waals surface area contributed by atoms with Gasteiger partial charge in [-0.2, -0.15) is 0 Å². The van der Waals surface area contributed by atoms with Crippen LogP contribution >= 0.6 is 27.6 Å². The molecule has 8 heteroatoms. The molecule has 0 saturated carbocycles. The molecule has 98 valence electrons. The molecule has 2 rings (SSSR count). The summed E-state index contributed by atoms with van der Waals surface area (Å²) in [5.74, 6) is -1.24. The first-order chi connectivity index (χ1) is 8.31. The Morgan fingerprint density at radius 3 is 2.50 bits per heavy atom. The number of benzene rings is 1. The van der Waals surface area contributed by atoms with Crippen LogP contribution in [0.3, 0.4) is 0 Å². The number of amides is 2. The average Bonchev–Trinajstić information content (AvgIpc) is 2.51. The van der Waals surface area contributed by atoms with E-state index in [4.69, 9.17) is 0 Å². The van der Waals surface area contributed by atoms with Crippen molar-refractivity contribution in [3.63, 3.8) is 0 Å². The van der Waals surface area contributed by atoms with Gasteiger partial charge in [0.05, 0.1) is 0 Å². The van der Waals surface area contributed by atoms with Crippen LogP contribution in [0.1, 0.15) is 17.3 Å². The Morgan fingerprint density at radius 1 is 1.33 bits per heavy atom. The van der Waals surface area contributed by atoms with Gasteiger partial charge >= 0.3 is 111 Å². The summed E-state index contributed by atoms with van der Waals surface area (Å²) in [4.78, 5) is 23.3. The third-order valence-electron chi connectivity index (χ3n) is 2.05. The van der Waals surface area contributed by atoms with Gasteiger partial charge in [0.2, 0.25) is 0 Å². The number of rotatable bonds is 1. The number of carbonyl (C=O) groups is 2. The molecule has 0 atom stereocenters. The number of imide groups is 1. The Balaban J connectivity index is 2.46. The molecule has 18 heavy (non-hydrogen) atoms. The van der Waals surface area contributed by atoms with Gasteiger partial charge in [0.25, 0.3) is 0 Å². The van der Waals surface area contributed by atoms with Gasteiger partial charge in [-0.05, 0) is 0 Å². The zero-order chi connectivity index (χ0) is 13.5. The topological polar surface area (TPSA) is 37.4 Å². The second-order valence-corrected chi connectivity index (χ2v) is 10.7. The fourth-order valence-electron chi connectivity index (χ4n) is 1.45. The van der Waals surface area contributed by atoms with Crippen molar-refractivity contribution < 1.29 is 22.8 Å². The molecule has 0 spiro atoms. The van der Waals surface area contributed by atoms with Gasteiger partial charge in [0, 0.05) is 0 Å². The van der Waals surface area contributed by atoms with Crippen molar-refractivity contribution in [1.29, 1.82) is 0 Å². The van der Waals surface area contributed by atoms with Crippen molar-refractivity contribution in [2.45, 2.75) is 12.4 Å². The summed E-state index contributed by atoms with van der Waals surface area (Å²) < 4.78 is 38.7. The molecule has 1 aromatic rings. The van der Waals surface area contributed by atoms with Crippen LogP contribution in [0.25, 0.3) is 0 Å². The van der Waals surface area contributed by atoms with Crippen molar-refractivity contribution >= 4 is 39.5 Å². The molecular formula is C10H7F3INO2S. The summed E-state index contributed by atoms with van der Waals surface area (Å²) >= 11 is -3.11. The van der Waals surface area contributed by atoms with E-state index in [0.717, 1.165) is 10.0 Å². The van der Waals surface area contributed by atoms with E-state index >= 15 is 0 Å². The van der Waals surface area contributed by atoms with Gasteiger partial charge in [-0.15, -0.1) is 0 Å². The molecule has 1 heterocycles. The first-order valence-electron chi connectivity index (χ1n) is 4.72. The summed E-state index contributed by atoms with van der Waals surface area (Å²) in [6.07, 6.45) is 0. The van der Waals surface area contributed by atoms with E-state index in [2.05, 4.69) is 0 Å². The van der Waals surface area contributed by atoms with Crippen LogP contribution in [0.5, 0.6) is 0 Å². The first-order valence-corrected chi connectivity index (χ1v) is 10.1. The Labute approximate surface area is 111 Å². The van der Waals surface area contributed by atoms with Gasteiger partial charge in [0.15, 0.2) is 0 Å². The number of alkyl halides is 3. The molecule has 2 amide bonds. The van der Waals surface area contributed by atoms with Crippen molar-refractivity contribution in [3.8, 4) is 0 Å².